The van der Waals surface area contributed by atoms with E-state index < -0.39 is 0 Å². The van der Waals surface area contributed by atoms with Crippen molar-refractivity contribution in [2.75, 3.05) is 5.32 Å². The third kappa shape index (κ3) is 5.17. The Balaban J connectivity index is 1.62. The molecule has 4 aliphatic rings. The Labute approximate surface area is 191 Å². The smallest absolute Gasteiger partial charge is 0.338 e. The number of esters is 1. The van der Waals surface area contributed by atoms with Crippen LogP contribution < -0.4 is 5.32 Å². The van der Waals surface area contributed by atoms with Crippen LogP contribution in [0.2, 0.25) is 0 Å². The molecule has 1 N–H and O–H groups in total. The average molecular weight is 435 g/mol. The Morgan fingerprint density at radius 2 is 1.84 bits per heavy atom. The van der Waals surface area contributed by atoms with Gasteiger partial charge in [-0.3, -0.25) is 9.98 Å². The molecule has 0 atom stereocenters. The SMILES string of the molecule is C=NC=N/C=C(\C)C=Nc1cc(C(=O)OC(C)C)ccc1NC12CC3CC(CC(C3)C1)C2. The van der Waals surface area contributed by atoms with Crippen LogP contribution in [0.3, 0.4) is 0 Å². The number of allylic oxidation sites excluding steroid dienone is 1. The van der Waals surface area contributed by atoms with Gasteiger partial charge in [0.1, 0.15) is 6.34 Å². The van der Waals surface area contributed by atoms with Gasteiger partial charge in [0.05, 0.1) is 23.0 Å². The molecule has 0 spiro atoms. The molecule has 4 aliphatic carbocycles. The predicted octanol–water partition coefficient (Wildman–Crippen LogP) is 5.97. The van der Waals surface area contributed by atoms with E-state index in [2.05, 4.69) is 22.0 Å². The number of hydrogen-bond acceptors (Lipinski definition) is 5. The summed E-state index contributed by atoms with van der Waals surface area (Å²) in [6.07, 6.45) is 12.6. The normalized spacial score (nSPS) is 29.2. The van der Waals surface area contributed by atoms with Crippen LogP contribution in [0.4, 0.5) is 11.4 Å². The van der Waals surface area contributed by atoms with Crippen LogP contribution in [0.15, 0.2) is 44.9 Å². The highest BCUT2D eigenvalue weighted by molar-refractivity contribution is 5.93. The summed E-state index contributed by atoms with van der Waals surface area (Å²) in [5, 5.41) is 3.90. The van der Waals surface area contributed by atoms with Crippen molar-refractivity contribution in [3.05, 3.63) is 35.5 Å². The third-order valence-corrected chi connectivity index (χ3v) is 6.85. The molecule has 6 nitrogen and oxygen atoms in total. The Morgan fingerprint density at radius 3 is 2.44 bits per heavy atom. The standard InChI is InChI=1S/C26H34N4O2/c1-17(2)32-25(31)22-5-6-23(24(10-22)29-15-18(3)14-28-16-27-4)30-26-11-19-7-20(12-26)9-21(8-19)13-26/h5-6,10,14-17,19-21,30H,4,7-9,11-13H2,1-3H3/b18-14+,28-16?,29-15?. The molecule has 4 bridgehead atoms. The van der Waals surface area contributed by atoms with Gasteiger partial charge in [-0.2, -0.15) is 0 Å². The molecular formula is C26H34N4O2. The molecule has 0 aliphatic heterocycles. The lowest BCUT2D eigenvalue weighted by molar-refractivity contribution is 0.0107. The van der Waals surface area contributed by atoms with Gasteiger partial charge in [0.25, 0.3) is 0 Å². The molecule has 0 saturated heterocycles. The zero-order valence-corrected chi connectivity index (χ0v) is 19.4. The van der Waals surface area contributed by atoms with Gasteiger partial charge < -0.3 is 10.1 Å². The molecule has 4 saturated carbocycles. The highest BCUT2D eigenvalue weighted by Gasteiger charge is 2.51. The maximum absolute atomic E-state index is 12.5. The molecule has 1 aromatic rings. The Morgan fingerprint density at radius 1 is 1.19 bits per heavy atom. The second kappa shape index (κ2) is 9.39. The molecule has 170 valence electrons. The number of anilines is 1. The van der Waals surface area contributed by atoms with Gasteiger partial charge in [-0.1, -0.05) is 0 Å². The quantitative estimate of drug-likeness (QED) is 0.311. The van der Waals surface area contributed by atoms with E-state index in [9.17, 15) is 4.79 Å². The number of rotatable bonds is 8. The molecule has 0 aromatic heterocycles. The summed E-state index contributed by atoms with van der Waals surface area (Å²) in [6, 6.07) is 5.65. The van der Waals surface area contributed by atoms with Crippen molar-refractivity contribution in [1.29, 1.82) is 0 Å². The Hall–Kier alpha value is -2.76. The summed E-state index contributed by atoms with van der Waals surface area (Å²) in [5.74, 6) is 2.22. The fourth-order valence-electron chi connectivity index (χ4n) is 6.11. The van der Waals surface area contributed by atoms with Gasteiger partial charge >= 0.3 is 5.97 Å². The van der Waals surface area contributed by atoms with Crippen molar-refractivity contribution in [3.63, 3.8) is 0 Å². The lowest BCUT2D eigenvalue weighted by Crippen LogP contribution is -2.54. The van der Waals surface area contributed by atoms with E-state index in [1.807, 2.05) is 39.0 Å². The van der Waals surface area contributed by atoms with Crippen molar-refractivity contribution in [2.24, 2.45) is 32.7 Å². The number of aliphatic imine (C=N–C) groups is 3. The Bertz CT molecular complexity index is 925. The molecule has 6 heteroatoms. The molecule has 0 unspecified atom stereocenters. The zero-order valence-electron chi connectivity index (χ0n) is 19.4. The minimum atomic E-state index is -0.327. The largest absolute Gasteiger partial charge is 0.459 e. The van der Waals surface area contributed by atoms with Gasteiger partial charge in [0.2, 0.25) is 0 Å². The van der Waals surface area contributed by atoms with Crippen molar-refractivity contribution in [2.45, 2.75) is 70.9 Å². The fraction of sp³-hybridized carbons (Fsp3) is 0.538. The van der Waals surface area contributed by atoms with Crippen LogP contribution in [-0.4, -0.2) is 36.9 Å². The minimum Gasteiger partial charge on any atom is -0.459 e. The number of hydrogen-bond donors (Lipinski definition) is 1. The molecule has 0 radical (unpaired) electrons. The molecule has 1 aromatic carbocycles. The first-order chi connectivity index (χ1) is 15.4. The van der Waals surface area contributed by atoms with Crippen LogP contribution in [0.5, 0.6) is 0 Å². The van der Waals surface area contributed by atoms with Crippen LogP contribution >= 0.6 is 0 Å². The zero-order chi connectivity index (χ0) is 22.7. The van der Waals surface area contributed by atoms with Crippen molar-refractivity contribution >= 4 is 36.6 Å². The van der Waals surface area contributed by atoms with E-state index in [1.54, 1.807) is 12.4 Å². The maximum atomic E-state index is 12.5. The van der Waals surface area contributed by atoms with E-state index in [1.165, 1.54) is 44.9 Å². The van der Waals surface area contributed by atoms with Gasteiger partial charge in [0, 0.05) is 18.0 Å². The van der Waals surface area contributed by atoms with E-state index in [0.717, 1.165) is 34.7 Å². The third-order valence-electron chi connectivity index (χ3n) is 6.85. The van der Waals surface area contributed by atoms with Gasteiger partial charge in [-0.25, -0.2) is 9.79 Å². The van der Waals surface area contributed by atoms with Crippen LogP contribution in [-0.2, 0) is 4.74 Å². The summed E-state index contributed by atoms with van der Waals surface area (Å²) < 4.78 is 5.40. The van der Waals surface area contributed by atoms with Gasteiger partial charge in [0.15, 0.2) is 0 Å². The predicted molar refractivity (Wildman–Crippen MR) is 131 cm³/mol. The average Bonchev–Trinajstić information content (AvgIpc) is 2.71. The number of carbonyl (C=O) groups excluding carboxylic acids is 1. The first-order valence-electron chi connectivity index (χ1n) is 11.7. The molecular weight excluding hydrogens is 400 g/mol. The van der Waals surface area contributed by atoms with Crippen LogP contribution in [0, 0.1) is 17.8 Å². The topological polar surface area (TPSA) is 75.4 Å². The van der Waals surface area contributed by atoms with Gasteiger partial charge in [-0.15, -0.1) is 0 Å². The number of ether oxygens (including phenoxy) is 1. The lowest BCUT2D eigenvalue weighted by atomic mass is 9.53. The molecule has 4 fully saturated rings. The monoisotopic (exact) mass is 434 g/mol. The summed E-state index contributed by atoms with van der Waals surface area (Å²) >= 11 is 0. The molecule has 0 heterocycles. The number of carbonyl (C=O) groups is 1. The van der Waals surface area contributed by atoms with Crippen LogP contribution in [0.25, 0.3) is 0 Å². The van der Waals surface area contributed by atoms with E-state index in [0.29, 0.717) is 5.56 Å². The molecule has 32 heavy (non-hydrogen) atoms. The highest BCUT2D eigenvalue weighted by Crippen LogP contribution is 2.57. The summed E-state index contributed by atoms with van der Waals surface area (Å²) in [4.78, 5) is 24.9. The summed E-state index contributed by atoms with van der Waals surface area (Å²) in [5.41, 5.74) is 3.27. The highest BCUT2D eigenvalue weighted by atomic mass is 16.5. The second-order valence-electron chi connectivity index (χ2n) is 10.1. The van der Waals surface area contributed by atoms with Gasteiger partial charge in [-0.05, 0) is 108 Å². The van der Waals surface area contributed by atoms with Crippen molar-refractivity contribution < 1.29 is 9.53 Å². The molecule has 5 rings (SSSR count). The van der Waals surface area contributed by atoms with Crippen molar-refractivity contribution in [1.82, 2.24) is 0 Å². The summed E-state index contributed by atoms with van der Waals surface area (Å²) in [7, 11) is 0. The second-order valence-corrected chi connectivity index (χ2v) is 10.1. The van der Waals surface area contributed by atoms with E-state index >= 15 is 0 Å². The van der Waals surface area contributed by atoms with Crippen molar-refractivity contribution in [3.8, 4) is 0 Å². The molecule has 0 amide bonds. The summed E-state index contributed by atoms with van der Waals surface area (Å²) in [6.45, 7) is 9.01. The number of benzene rings is 1. The Kier molecular flexibility index (Phi) is 6.58. The fourth-order valence-corrected chi connectivity index (χ4v) is 6.11. The van der Waals surface area contributed by atoms with Crippen LogP contribution in [0.1, 0.15) is 69.7 Å². The minimum absolute atomic E-state index is 0.157. The number of nitrogens with zero attached hydrogens (tertiary/aromatic N) is 3. The maximum Gasteiger partial charge on any atom is 0.338 e. The van der Waals surface area contributed by atoms with E-state index in [-0.39, 0.29) is 17.6 Å². The first-order valence-corrected chi connectivity index (χ1v) is 11.7. The lowest BCUT2D eigenvalue weighted by Gasteiger charge is -2.57. The van der Waals surface area contributed by atoms with E-state index in [4.69, 9.17) is 9.73 Å². The number of nitrogens with one attached hydrogen (secondary N) is 1. The first kappa shape index (κ1) is 22.4.